The molecule has 3 rings (SSSR count). The Morgan fingerprint density at radius 1 is 1.08 bits per heavy atom. The molecule has 0 aliphatic heterocycles. The van der Waals surface area contributed by atoms with Gasteiger partial charge in [-0.15, -0.1) is 0 Å². The highest BCUT2D eigenvalue weighted by Crippen LogP contribution is 2.17. The van der Waals surface area contributed by atoms with Gasteiger partial charge in [-0.05, 0) is 55.5 Å². The summed E-state index contributed by atoms with van der Waals surface area (Å²) in [5.74, 6) is 1.72. The summed E-state index contributed by atoms with van der Waals surface area (Å²) in [6.07, 6.45) is 2.39. The molecule has 5 nitrogen and oxygen atoms in total. The number of quaternary nitrogens is 1. The van der Waals surface area contributed by atoms with Crippen molar-refractivity contribution in [1.82, 2.24) is 0 Å². The molecule has 1 aliphatic carbocycles. The van der Waals surface area contributed by atoms with Gasteiger partial charge in [0, 0.05) is 24.1 Å². The minimum absolute atomic E-state index is 0.0459. The highest BCUT2D eigenvalue weighted by atomic mass is 16.5. The Hall–Kier alpha value is -2.53. The van der Waals surface area contributed by atoms with Gasteiger partial charge in [-0.2, -0.15) is 0 Å². The number of ether oxygens (including phenoxy) is 2. The van der Waals surface area contributed by atoms with E-state index in [2.05, 4.69) is 17.4 Å². The third kappa shape index (κ3) is 5.23. The first-order valence-corrected chi connectivity index (χ1v) is 9.18. The molecule has 1 aliphatic rings. The van der Waals surface area contributed by atoms with Crippen LogP contribution in [-0.2, 0) is 11.3 Å². The van der Waals surface area contributed by atoms with Crippen molar-refractivity contribution < 1.29 is 19.2 Å². The summed E-state index contributed by atoms with van der Waals surface area (Å²) >= 11 is 0. The van der Waals surface area contributed by atoms with E-state index in [1.54, 1.807) is 7.11 Å². The second kappa shape index (κ2) is 8.72. The van der Waals surface area contributed by atoms with Gasteiger partial charge in [-0.25, -0.2) is 0 Å². The molecule has 1 fully saturated rings. The Kier molecular flexibility index (Phi) is 6.12. The number of carbonyl (C=O) groups excluding carboxylic acids is 1. The van der Waals surface area contributed by atoms with E-state index < -0.39 is 0 Å². The fraction of sp³-hybridized carbons (Fsp3) is 0.381. The zero-order valence-electron chi connectivity index (χ0n) is 15.5. The number of anilines is 1. The first kappa shape index (κ1) is 18.3. The van der Waals surface area contributed by atoms with E-state index in [4.69, 9.17) is 9.47 Å². The van der Waals surface area contributed by atoms with Crippen LogP contribution < -0.4 is 19.7 Å². The van der Waals surface area contributed by atoms with Crippen molar-refractivity contribution in [3.8, 4) is 11.5 Å². The molecule has 0 heterocycles. The predicted octanol–water partition coefficient (Wildman–Crippen LogP) is 2.28. The SMILES string of the molecule is CCOc1ccc(NC(=O)C[NH+](Cc2ccc(OC)cc2)C2CC2)cc1. The molecule has 1 amide bonds. The summed E-state index contributed by atoms with van der Waals surface area (Å²) in [7, 11) is 1.67. The number of nitrogens with one attached hydrogen (secondary N) is 2. The molecule has 138 valence electrons. The van der Waals surface area contributed by atoms with Gasteiger partial charge in [-0.1, -0.05) is 0 Å². The van der Waals surface area contributed by atoms with Gasteiger partial charge >= 0.3 is 0 Å². The van der Waals surface area contributed by atoms with Gasteiger partial charge in [0.2, 0.25) is 0 Å². The number of methoxy groups -OCH3 is 1. The van der Waals surface area contributed by atoms with E-state index in [1.165, 1.54) is 23.3 Å². The number of amides is 1. The summed E-state index contributed by atoms with van der Waals surface area (Å²) < 4.78 is 10.6. The molecular weight excluding hydrogens is 328 g/mol. The second-order valence-corrected chi connectivity index (χ2v) is 6.64. The molecule has 1 atom stereocenters. The van der Waals surface area contributed by atoms with Crippen molar-refractivity contribution in [2.75, 3.05) is 25.6 Å². The standard InChI is InChI=1S/C21H26N2O3/c1-3-26-20-12-6-17(7-13-20)22-21(24)15-23(18-8-9-18)14-16-4-10-19(25-2)11-5-16/h4-7,10-13,18H,3,8-9,14-15H2,1-2H3,(H,22,24)/p+1. The second-order valence-electron chi connectivity index (χ2n) is 6.64. The number of rotatable bonds is 9. The largest absolute Gasteiger partial charge is 0.497 e. The molecule has 0 spiro atoms. The Balaban J connectivity index is 1.56. The van der Waals surface area contributed by atoms with E-state index in [1.807, 2.05) is 43.3 Å². The maximum Gasteiger partial charge on any atom is 0.279 e. The Morgan fingerprint density at radius 3 is 2.31 bits per heavy atom. The fourth-order valence-electron chi connectivity index (χ4n) is 3.06. The predicted molar refractivity (Wildman–Crippen MR) is 102 cm³/mol. The van der Waals surface area contributed by atoms with Crippen LogP contribution in [0.1, 0.15) is 25.3 Å². The van der Waals surface area contributed by atoms with E-state index in [-0.39, 0.29) is 5.91 Å². The third-order valence-electron chi connectivity index (χ3n) is 4.58. The van der Waals surface area contributed by atoms with Crippen LogP contribution in [0.4, 0.5) is 5.69 Å². The minimum Gasteiger partial charge on any atom is -0.497 e. The molecule has 2 aromatic carbocycles. The molecule has 0 aromatic heterocycles. The van der Waals surface area contributed by atoms with Crippen molar-refractivity contribution in [3.63, 3.8) is 0 Å². The Morgan fingerprint density at radius 2 is 1.73 bits per heavy atom. The first-order chi connectivity index (χ1) is 12.7. The van der Waals surface area contributed by atoms with Crippen molar-refractivity contribution in [1.29, 1.82) is 0 Å². The number of hydrogen-bond donors (Lipinski definition) is 2. The Labute approximate surface area is 154 Å². The molecule has 0 bridgehead atoms. The lowest BCUT2D eigenvalue weighted by atomic mass is 10.2. The molecule has 1 unspecified atom stereocenters. The third-order valence-corrected chi connectivity index (χ3v) is 4.58. The molecule has 5 heteroatoms. The minimum atomic E-state index is 0.0459. The van der Waals surface area contributed by atoms with Crippen molar-refractivity contribution in [2.24, 2.45) is 0 Å². The molecule has 2 N–H and O–H groups in total. The van der Waals surface area contributed by atoms with E-state index in [9.17, 15) is 4.79 Å². The van der Waals surface area contributed by atoms with Gasteiger partial charge in [0.15, 0.2) is 6.54 Å². The van der Waals surface area contributed by atoms with Crippen molar-refractivity contribution in [2.45, 2.75) is 32.4 Å². The smallest absolute Gasteiger partial charge is 0.279 e. The topological polar surface area (TPSA) is 52.0 Å². The summed E-state index contributed by atoms with van der Waals surface area (Å²) in [6, 6.07) is 16.2. The van der Waals surface area contributed by atoms with Gasteiger partial charge in [0.25, 0.3) is 5.91 Å². The average Bonchev–Trinajstić information content (AvgIpc) is 3.49. The van der Waals surface area contributed by atoms with Gasteiger partial charge in [-0.3, -0.25) is 4.79 Å². The molecule has 26 heavy (non-hydrogen) atoms. The van der Waals surface area contributed by atoms with Crippen LogP contribution in [-0.4, -0.2) is 32.2 Å². The normalized spacial score (nSPS) is 14.5. The molecule has 0 radical (unpaired) electrons. The van der Waals surface area contributed by atoms with Gasteiger partial charge in [0.05, 0.1) is 19.8 Å². The van der Waals surface area contributed by atoms with Crippen LogP contribution in [0.2, 0.25) is 0 Å². The highest BCUT2D eigenvalue weighted by Gasteiger charge is 2.34. The van der Waals surface area contributed by atoms with Crippen LogP contribution in [0, 0.1) is 0 Å². The van der Waals surface area contributed by atoms with Crippen LogP contribution in [0.25, 0.3) is 0 Å². The van der Waals surface area contributed by atoms with E-state index >= 15 is 0 Å². The number of carbonyl (C=O) groups is 1. The lowest BCUT2D eigenvalue weighted by Crippen LogP contribution is -3.13. The molecule has 0 saturated heterocycles. The Bertz CT molecular complexity index is 709. The van der Waals surface area contributed by atoms with Crippen molar-refractivity contribution >= 4 is 11.6 Å². The summed E-state index contributed by atoms with van der Waals surface area (Å²) in [5, 5.41) is 2.99. The first-order valence-electron chi connectivity index (χ1n) is 9.18. The average molecular weight is 355 g/mol. The van der Waals surface area contributed by atoms with Gasteiger partial charge in [0.1, 0.15) is 18.0 Å². The lowest BCUT2D eigenvalue weighted by Gasteiger charge is -2.19. The maximum atomic E-state index is 12.5. The van der Waals surface area contributed by atoms with Crippen LogP contribution in [0.3, 0.4) is 0 Å². The van der Waals surface area contributed by atoms with Crippen LogP contribution >= 0.6 is 0 Å². The molecule has 1 saturated carbocycles. The van der Waals surface area contributed by atoms with Crippen molar-refractivity contribution in [3.05, 3.63) is 54.1 Å². The number of benzene rings is 2. The van der Waals surface area contributed by atoms with E-state index in [0.29, 0.717) is 19.2 Å². The lowest BCUT2D eigenvalue weighted by molar-refractivity contribution is -0.916. The number of hydrogen-bond acceptors (Lipinski definition) is 3. The van der Waals surface area contributed by atoms with Gasteiger partial charge < -0.3 is 19.7 Å². The monoisotopic (exact) mass is 355 g/mol. The fourth-order valence-corrected chi connectivity index (χ4v) is 3.06. The van der Waals surface area contributed by atoms with E-state index in [0.717, 1.165) is 23.7 Å². The highest BCUT2D eigenvalue weighted by molar-refractivity contribution is 5.91. The zero-order valence-corrected chi connectivity index (χ0v) is 15.5. The summed E-state index contributed by atoms with van der Waals surface area (Å²) in [5.41, 5.74) is 2.03. The summed E-state index contributed by atoms with van der Waals surface area (Å²) in [6.45, 7) is 3.92. The quantitative estimate of drug-likeness (QED) is 0.726. The zero-order chi connectivity index (χ0) is 18.4. The molecule has 2 aromatic rings. The maximum absolute atomic E-state index is 12.5. The van der Waals surface area contributed by atoms with Crippen LogP contribution in [0.5, 0.6) is 11.5 Å². The molecular formula is C21H27N2O3+. The van der Waals surface area contributed by atoms with Crippen LogP contribution in [0.15, 0.2) is 48.5 Å². The summed E-state index contributed by atoms with van der Waals surface area (Å²) in [4.78, 5) is 13.8.